The van der Waals surface area contributed by atoms with E-state index >= 15 is 0 Å². The van der Waals surface area contributed by atoms with Crippen molar-refractivity contribution in [2.45, 2.75) is 13.0 Å². The van der Waals surface area contributed by atoms with E-state index in [1.165, 1.54) is 0 Å². The smallest absolute Gasteiger partial charge is 0.328 e. The molecule has 1 aliphatic rings. The zero-order valence-corrected chi connectivity index (χ0v) is 17.3. The summed E-state index contributed by atoms with van der Waals surface area (Å²) < 4.78 is 4.27. The number of anilines is 1. The van der Waals surface area contributed by atoms with Crippen molar-refractivity contribution in [1.29, 1.82) is 0 Å². The molecule has 8 heteroatoms. The number of para-hydroxylation sites is 2. The van der Waals surface area contributed by atoms with Crippen LogP contribution in [0.5, 0.6) is 0 Å². The second-order valence-corrected chi connectivity index (χ2v) is 7.85. The molecule has 2 aromatic heterocycles. The maximum absolute atomic E-state index is 12.7. The number of hydrogen-bond donors (Lipinski definition) is 0. The van der Waals surface area contributed by atoms with Crippen LogP contribution in [0.2, 0.25) is 0 Å². The van der Waals surface area contributed by atoms with Crippen LogP contribution in [-0.2, 0) is 18.4 Å². The first kappa shape index (κ1) is 18.7. The second kappa shape index (κ2) is 7.79. The molecule has 7 nitrogen and oxygen atoms in total. The van der Waals surface area contributed by atoms with E-state index in [0.717, 1.165) is 34.4 Å². The number of aromatic nitrogens is 3. The van der Waals surface area contributed by atoms with Crippen LogP contribution in [0.1, 0.15) is 6.42 Å². The lowest BCUT2D eigenvalue weighted by Gasteiger charge is -2.35. The van der Waals surface area contributed by atoms with Gasteiger partial charge >= 0.3 is 5.69 Å². The quantitative estimate of drug-likeness (QED) is 0.620. The number of carbonyl (C=O) groups is 1. The fourth-order valence-electron chi connectivity index (χ4n) is 3.68. The first-order valence-electron chi connectivity index (χ1n) is 9.33. The molecule has 0 unspecified atom stereocenters. The number of imidazole rings is 1. The number of benzene rings is 1. The summed E-state index contributed by atoms with van der Waals surface area (Å²) in [5, 5.41) is 0. The average Bonchev–Trinajstić information content (AvgIpc) is 2.97. The van der Waals surface area contributed by atoms with E-state index in [2.05, 4.69) is 25.8 Å². The van der Waals surface area contributed by atoms with Crippen LogP contribution in [0.3, 0.4) is 0 Å². The number of carbonyl (C=O) groups excluding carboxylic acids is 1. The molecule has 0 spiro atoms. The van der Waals surface area contributed by atoms with Crippen LogP contribution in [0.25, 0.3) is 11.0 Å². The molecule has 0 bridgehead atoms. The van der Waals surface area contributed by atoms with E-state index in [0.29, 0.717) is 26.1 Å². The molecule has 3 aromatic rings. The fraction of sp³-hybridized carbons (Fsp3) is 0.350. The van der Waals surface area contributed by atoms with Crippen LogP contribution in [0.4, 0.5) is 5.82 Å². The number of fused-ring (bicyclic) bond motifs is 1. The van der Waals surface area contributed by atoms with Gasteiger partial charge in [-0.05, 0) is 40.2 Å². The van der Waals surface area contributed by atoms with Gasteiger partial charge in [-0.3, -0.25) is 13.9 Å². The Bertz CT molecular complexity index is 1050. The normalized spacial score (nSPS) is 14.6. The molecule has 4 rings (SSSR count). The Morgan fingerprint density at radius 2 is 1.79 bits per heavy atom. The monoisotopic (exact) mass is 443 g/mol. The van der Waals surface area contributed by atoms with Crippen LogP contribution < -0.4 is 10.6 Å². The van der Waals surface area contributed by atoms with Gasteiger partial charge in [0.25, 0.3) is 0 Å². The van der Waals surface area contributed by atoms with Gasteiger partial charge in [0.05, 0.1) is 11.0 Å². The summed E-state index contributed by atoms with van der Waals surface area (Å²) >= 11 is 3.40. The van der Waals surface area contributed by atoms with E-state index in [1.54, 1.807) is 22.4 Å². The number of piperazine rings is 1. The van der Waals surface area contributed by atoms with Gasteiger partial charge in [-0.25, -0.2) is 9.78 Å². The van der Waals surface area contributed by atoms with E-state index in [-0.39, 0.29) is 11.6 Å². The molecule has 146 valence electrons. The Morgan fingerprint density at radius 1 is 1.07 bits per heavy atom. The van der Waals surface area contributed by atoms with E-state index in [9.17, 15) is 9.59 Å². The zero-order valence-electron chi connectivity index (χ0n) is 15.7. The van der Waals surface area contributed by atoms with Crippen molar-refractivity contribution >= 4 is 38.7 Å². The lowest BCUT2D eigenvalue weighted by Crippen LogP contribution is -2.49. The number of nitrogens with zero attached hydrogens (tertiary/aromatic N) is 5. The molecule has 1 fully saturated rings. The number of amides is 1. The van der Waals surface area contributed by atoms with Crippen molar-refractivity contribution in [1.82, 2.24) is 19.0 Å². The van der Waals surface area contributed by atoms with Gasteiger partial charge < -0.3 is 9.80 Å². The molecule has 1 amide bonds. The molecular formula is C20H22BrN5O2. The molecular weight excluding hydrogens is 422 g/mol. The number of aryl methyl sites for hydroxylation is 2. The summed E-state index contributed by atoms with van der Waals surface area (Å²) in [7, 11) is 1.76. The third-order valence-electron chi connectivity index (χ3n) is 5.27. The minimum Gasteiger partial charge on any atom is -0.353 e. The maximum atomic E-state index is 12.7. The van der Waals surface area contributed by atoms with Gasteiger partial charge in [-0.15, -0.1) is 0 Å². The van der Waals surface area contributed by atoms with Crippen molar-refractivity contribution in [3.8, 4) is 0 Å². The first-order valence-corrected chi connectivity index (χ1v) is 10.1. The third-order valence-corrected chi connectivity index (χ3v) is 5.74. The summed E-state index contributed by atoms with van der Waals surface area (Å²) in [5.74, 6) is 1.01. The Morgan fingerprint density at radius 3 is 2.46 bits per heavy atom. The highest BCUT2D eigenvalue weighted by Gasteiger charge is 2.22. The third kappa shape index (κ3) is 3.56. The number of halogens is 1. The Balaban J connectivity index is 1.37. The predicted octanol–water partition coefficient (Wildman–Crippen LogP) is 2.24. The molecule has 1 saturated heterocycles. The van der Waals surface area contributed by atoms with Crippen LogP contribution in [0, 0.1) is 0 Å². The van der Waals surface area contributed by atoms with Crippen molar-refractivity contribution < 1.29 is 4.79 Å². The predicted molar refractivity (Wildman–Crippen MR) is 113 cm³/mol. The van der Waals surface area contributed by atoms with Crippen LogP contribution in [-0.4, -0.2) is 51.1 Å². The van der Waals surface area contributed by atoms with Gasteiger partial charge in [-0.1, -0.05) is 12.1 Å². The Labute approximate surface area is 171 Å². The summed E-state index contributed by atoms with van der Waals surface area (Å²) in [4.78, 5) is 33.7. The summed E-state index contributed by atoms with van der Waals surface area (Å²) in [5.41, 5.74) is 1.67. The molecule has 1 aromatic carbocycles. The van der Waals surface area contributed by atoms with Gasteiger partial charge in [-0.2, -0.15) is 0 Å². The highest BCUT2D eigenvalue weighted by molar-refractivity contribution is 9.10. The van der Waals surface area contributed by atoms with Gasteiger partial charge in [0.1, 0.15) is 5.82 Å². The molecule has 3 heterocycles. The largest absolute Gasteiger partial charge is 0.353 e. The molecule has 0 radical (unpaired) electrons. The van der Waals surface area contributed by atoms with Crippen LogP contribution in [0.15, 0.2) is 51.9 Å². The molecule has 0 atom stereocenters. The zero-order chi connectivity index (χ0) is 19.7. The topological polar surface area (TPSA) is 63.4 Å². The van der Waals surface area contributed by atoms with Gasteiger partial charge in [0.15, 0.2) is 0 Å². The molecule has 0 saturated carbocycles. The van der Waals surface area contributed by atoms with E-state index in [4.69, 9.17) is 0 Å². The molecule has 1 aliphatic heterocycles. The first-order chi connectivity index (χ1) is 13.5. The van der Waals surface area contributed by atoms with Crippen LogP contribution >= 0.6 is 15.9 Å². The van der Waals surface area contributed by atoms with E-state index < -0.39 is 0 Å². The van der Waals surface area contributed by atoms with Gasteiger partial charge in [0.2, 0.25) is 5.91 Å². The maximum Gasteiger partial charge on any atom is 0.328 e. The lowest BCUT2D eigenvalue weighted by atomic mass is 10.2. The average molecular weight is 444 g/mol. The number of rotatable bonds is 4. The molecule has 28 heavy (non-hydrogen) atoms. The minimum atomic E-state index is -0.0832. The molecule has 0 N–H and O–H groups in total. The minimum absolute atomic E-state index is 0.0832. The number of hydrogen-bond acceptors (Lipinski definition) is 4. The fourth-order valence-corrected chi connectivity index (χ4v) is 3.92. The summed E-state index contributed by atoms with van der Waals surface area (Å²) in [6.07, 6.45) is 2.11. The Kier molecular flexibility index (Phi) is 5.21. The van der Waals surface area contributed by atoms with Crippen molar-refractivity contribution in [2.24, 2.45) is 7.05 Å². The number of pyridine rings is 1. The van der Waals surface area contributed by atoms with E-state index in [1.807, 2.05) is 41.3 Å². The summed E-state index contributed by atoms with van der Waals surface area (Å²) in [6.45, 7) is 3.25. The van der Waals surface area contributed by atoms with Crippen molar-refractivity contribution in [3.63, 3.8) is 0 Å². The van der Waals surface area contributed by atoms with Crippen molar-refractivity contribution in [2.75, 3.05) is 31.1 Å². The highest BCUT2D eigenvalue weighted by atomic mass is 79.9. The highest BCUT2D eigenvalue weighted by Crippen LogP contribution is 2.17. The molecule has 0 aliphatic carbocycles. The SMILES string of the molecule is Cn1c(=O)n(CCC(=O)N2CCN(c3ccc(Br)cn3)CC2)c2ccccc21. The second-order valence-electron chi connectivity index (χ2n) is 6.93. The Hall–Kier alpha value is -2.61. The van der Waals surface area contributed by atoms with Gasteiger partial charge in [0, 0.05) is 56.9 Å². The lowest BCUT2D eigenvalue weighted by molar-refractivity contribution is -0.131. The standard InChI is InChI=1S/C20H22BrN5O2/c1-23-16-4-2-3-5-17(16)26(20(23)28)9-8-19(27)25-12-10-24(11-13-25)18-7-6-15(21)14-22-18/h2-7,14H,8-13H2,1H3. The summed E-state index contributed by atoms with van der Waals surface area (Å²) in [6, 6.07) is 11.6. The van der Waals surface area contributed by atoms with Crippen molar-refractivity contribution in [3.05, 3.63) is 57.6 Å².